The molecule has 0 radical (unpaired) electrons. The molecule has 0 fully saturated rings. The van der Waals surface area contributed by atoms with Crippen molar-refractivity contribution in [1.29, 1.82) is 0 Å². The van der Waals surface area contributed by atoms with Gasteiger partial charge in [-0.05, 0) is 62.4 Å². The molecule has 0 saturated heterocycles. The number of aryl methyl sites for hydroxylation is 1. The highest BCUT2D eigenvalue weighted by atomic mass is 16.5. The van der Waals surface area contributed by atoms with Gasteiger partial charge in [0.1, 0.15) is 11.9 Å². The molecule has 4 rings (SSSR count). The molecular weight excluding hydrogens is 286 g/mol. The lowest BCUT2D eigenvalue weighted by Gasteiger charge is -2.18. The molecule has 0 spiro atoms. The van der Waals surface area contributed by atoms with Crippen LogP contribution in [0.4, 0.5) is 0 Å². The number of rotatable bonds is 4. The number of hydrogen-bond acceptors (Lipinski definition) is 3. The fourth-order valence-electron chi connectivity index (χ4n) is 3.88. The summed E-state index contributed by atoms with van der Waals surface area (Å²) in [4.78, 5) is 2.35. The number of aromatic nitrogens is 2. The summed E-state index contributed by atoms with van der Waals surface area (Å²) >= 11 is 0. The Labute approximate surface area is 137 Å². The van der Waals surface area contributed by atoms with Crippen molar-refractivity contribution in [3.8, 4) is 5.75 Å². The molecule has 2 heterocycles. The van der Waals surface area contributed by atoms with Gasteiger partial charge < -0.3 is 4.74 Å². The first-order valence-electron chi connectivity index (χ1n) is 8.71. The quantitative estimate of drug-likeness (QED) is 0.942. The first-order valence-corrected chi connectivity index (χ1v) is 8.71. The molecule has 4 heteroatoms. The third kappa shape index (κ3) is 3.00. The Balaban J connectivity index is 1.43. The highest BCUT2D eigenvalue weighted by molar-refractivity contribution is 5.40. The zero-order valence-electron chi connectivity index (χ0n) is 14.1. The van der Waals surface area contributed by atoms with Gasteiger partial charge in [-0.25, -0.2) is 0 Å². The molecular formula is C19H25N3O. The summed E-state index contributed by atoms with van der Waals surface area (Å²) < 4.78 is 5.79. The molecule has 0 saturated carbocycles. The molecule has 23 heavy (non-hydrogen) atoms. The zero-order chi connectivity index (χ0) is 15.8. The van der Waals surface area contributed by atoms with Gasteiger partial charge in [-0.3, -0.25) is 10.00 Å². The predicted octanol–water partition coefficient (Wildman–Crippen LogP) is 3.24. The Morgan fingerprint density at radius 3 is 3.04 bits per heavy atom. The largest absolute Gasteiger partial charge is 0.490 e. The van der Waals surface area contributed by atoms with Crippen LogP contribution in [0.15, 0.2) is 18.2 Å². The topological polar surface area (TPSA) is 41.2 Å². The Kier molecular flexibility index (Phi) is 3.85. The highest BCUT2D eigenvalue weighted by Gasteiger charge is 2.20. The molecule has 0 amide bonds. The number of nitrogens with one attached hydrogen (secondary N) is 1. The number of H-pyrrole nitrogens is 1. The van der Waals surface area contributed by atoms with Crippen molar-refractivity contribution in [1.82, 2.24) is 15.1 Å². The summed E-state index contributed by atoms with van der Waals surface area (Å²) in [6, 6.07) is 6.61. The average molecular weight is 311 g/mol. The average Bonchev–Trinajstić information content (AvgIpc) is 3.10. The summed E-state index contributed by atoms with van der Waals surface area (Å²) in [5, 5.41) is 7.80. The van der Waals surface area contributed by atoms with E-state index in [0.29, 0.717) is 6.10 Å². The standard InChI is InChI=1S/C19H25N3O/c1-13-9-15-10-14(7-8-19(15)23-13)11-22(2)12-18-16-5-3-4-6-17(16)20-21-18/h7-8,10,13H,3-6,9,11-12H2,1-2H3,(H,20,21). The monoisotopic (exact) mass is 311 g/mol. The third-order valence-electron chi connectivity index (χ3n) is 4.97. The Morgan fingerprint density at radius 2 is 2.13 bits per heavy atom. The number of ether oxygens (including phenoxy) is 1. The molecule has 1 aliphatic heterocycles. The van der Waals surface area contributed by atoms with E-state index >= 15 is 0 Å². The molecule has 1 aromatic heterocycles. The van der Waals surface area contributed by atoms with E-state index in [2.05, 4.69) is 47.3 Å². The summed E-state index contributed by atoms with van der Waals surface area (Å²) in [5.41, 5.74) is 6.77. The van der Waals surface area contributed by atoms with Crippen LogP contribution >= 0.6 is 0 Å². The maximum Gasteiger partial charge on any atom is 0.123 e. The van der Waals surface area contributed by atoms with Gasteiger partial charge in [-0.15, -0.1) is 0 Å². The molecule has 2 aromatic rings. The maximum atomic E-state index is 5.79. The van der Waals surface area contributed by atoms with Crippen LogP contribution in [-0.4, -0.2) is 28.2 Å². The zero-order valence-corrected chi connectivity index (χ0v) is 14.1. The van der Waals surface area contributed by atoms with Gasteiger partial charge >= 0.3 is 0 Å². The van der Waals surface area contributed by atoms with Crippen LogP contribution in [0.1, 0.15) is 47.8 Å². The van der Waals surface area contributed by atoms with Crippen molar-refractivity contribution in [2.24, 2.45) is 0 Å². The molecule has 1 unspecified atom stereocenters. The molecule has 4 nitrogen and oxygen atoms in total. The molecule has 122 valence electrons. The smallest absolute Gasteiger partial charge is 0.123 e. The van der Waals surface area contributed by atoms with Crippen LogP contribution in [0.2, 0.25) is 0 Å². The Hall–Kier alpha value is -1.81. The van der Waals surface area contributed by atoms with Crippen molar-refractivity contribution in [3.63, 3.8) is 0 Å². The number of aromatic amines is 1. The minimum atomic E-state index is 0.313. The van der Waals surface area contributed by atoms with Gasteiger partial charge in [0.25, 0.3) is 0 Å². The first-order chi connectivity index (χ1) is 11.2. The molecule has 1 atom stereocenters. The molecule has 1 aromatic carbocycles. The second-order valence-corrected chi connectivity index (χ2v) is 7.08. The lowest BCUT2D eigenvalue weighted by Crippen LogP contribution is -2.18. The minimum absolute atomic E-state index is 0.313. The molecule has 1 N–H and O–H groups in total. The van der Waals surface area contributed by atoms with Crippen molar-refractivity contribution in [3.05, 3.63) is 46.3 Å². The van der Waals surface area contributed by atoms with Crippen LogP contribution in [0.25, 0.3) is 0 Å². The number of benzene rings is 1. The molecule has 0 bridgehead atoms. The van der Waals surface area contributed by atoms with Gasteiger partial charge in [-0.2, -0.15) is 5.10 Å². The second kappa shape index (κ2) is 6.00. The van der Waals surface area contributed by atoms with Crippen molar-refractivity contribution in [2.45, 2.75) is 58.2 Å². The van der Waals surface area contributed by atoms with Gasteiger partial charge in [0.2, 0.25) is 0 Å². The molecule has 2 aliphatic rings. The van der Waals surface area contributed by atoms with E-state index in [9.17, 15) is 0 Å². The normalized spacial score (nSPS) is 19.5. The summed E-state index contributed by atoms with van der Waals surface area (Å²) in [7, 11) is 2.18. The number of hydrogen-bond donors (Lipinski definition) is 1. The van der Waals surface area contributed by atoms with E-state index in [4.69, 9.17) is 4.74 Å². The Morgan fingerprint density at radius 1 is 1.26 bits per heavy atom. The molecule has 1 aliphatic carbocycles. The maximum absolute atomic E-state index is 5.79. The SMILES string of the molecule is CC1Cc2cc(CN(C)Cc3n[nH]c4c3CCCC4)ccc2O1. The number of fused-ring (bicyclic) bond motifs is 2. The van der Waals surface area contributed by atoms with Crippen LogP contribution in [0, 0.1) is 0 Å². The lowest BCUT2D eigenvalue weighted by molar-refractivity contribution is 0.254. The van der Waals surface area contributed by atoms with Gasteiger partial charge in [0, 0.05) is 25.2 Å². The third-order valence-corrected chi connectivity index (χ3v) is 4.97. The van der Waals surface area contributed by atoms with Crippen LogP contribution < -0.4 is 4.74 Å². The highest BCUT2D eigenvalue weighted by Crippen LogP contribution is 2.30. The van der Waals surface area contributed by atoms with E-state index in [0.717, 1.165) is 31.7 Å². The predicted molar refractivity (Wildman–Crippen MR) is 90.6 cm³/mol. The van der Waals surface area contributed by atoms with E-state index in [1.807, 2.05) is 0 Å². The van der Waals surface area contributed by atoms with Gasteiger partial charge in [0.05, 0.1) is 5.69 Å². The minimum Gasteiger partial charge on any atom is -0.490 e. The van der Waals surface area contributed by atoms with Crippen molar-refractivity contribution in [2.75, 3.05) is 7.05 Å². The van der Waals surface area contributed by atoms with Crippen LogP contribution in [0.5, 0.6) is 5.75 Å². The summed E-state index contributed by atoms with van der Waals surface area (Å²) in [6.45, 7) is 3.99. The van der Waals surface area contributed by atoms with Crippen molar-refractivity contribution >= 4 is 0 Å². The van der Waals surface area contributed by atoms with Crippen LogP contribution in [-0.2, 0) is 32.4 Å². The van der Waals surface area contributed by atoms with E-state index in [1.54, 1.807) is 0 Å². The van der Waals surface area contributed by atoms with E-state index in [1.165, 1.54) is 47.3 Å². The van der Waals surface area contributed by atoms with Crippen molar-refractivity contribution < 1.29 is 4.74 Å². The lowest BCUT2D eigenvalue weighted by atomic mass is 9.96. The van der Waals surface area contributed by atoms with Crippen LogP contribution in [0.3, 0.4) is 0 Å². The second-order valence-electron chi connectivity index (χ2n) is 7.08. The Bertz CT molecular complexity index is 707. The van der Waals surface area contributed by atoms with Gasteiger partial charge in [-0.1, -0.05) is 12.1 Å². The van der Waals surface area contributed by atoms with Gasteiger partial charge in [0.15, 0.2) is 0 Å². The van der Waals surface area contributed by atoms with E-state index < -0.39 is 0 Å². The summed E-state index contributed by atoms with van der Waals surface area (Å²) in [6.07, 6.45) is 6.28. The fraction of sp³-hybridized carbons (Fsp3) is 0.526. The first kappa shape index (κ1) is 14.8. The summed E-state index contributed by atoms with van der Waals surface area (Å²) in [5.74, 6) is 1.06. The fourth-order valence-corrected chi connectivity index (χ4v) is 3.88. The van der Waals surface area contributed by atoms with E-state index in [-0.39, 0.29) is 0 Å². The number of nitrogens with zero attached hydrogens (tertiary/aromatic N) is 2.